The number of methoxy groups -OCH3 is 1. The molecule has 7 nitrogen and oxygen atoms in total. The first-order valence-corrected chi connectivity index (χ1v) is 11.1. The van der Waals surface area contributed by atoms with Gasteiger partial charge in [-0.25, -0.2) is 8.42 Å². The third kappa shape index (κ3) is 5.06. The lowest BCUT2D eigenvalue weighted by Crippen LogP contribution is -2.41. The number of halogens is 1. The number of nitrogens with zero attached hydrogens (tertiary/aromatic N) is 1. The van der Waals surface area contributed by atoms with Gasteiger partial charge in [0.2, 0.25) is 5.91 Å². The second-order valence-corrected chi connectivity index (χ2v) is 9.53. The van der Waals surface area contributed by atoms with E-state index in [1.54, 1.807) is 30.5 Å². The summed E-state index contributed by atoms with van der Waals surface area (Å²) in [6.45, 7) is 2.23. The fourth-order valence-electron chi connectivity index (χ4n) is 3.28. The number of amides is 1. The van der Waals surface area contributed by atoms with Crippen molar-refractivity contribution in [2.45, 2.75) is 25.9 Å². The molecule has 1 N–H and O–H groups in total. The van der Waals surface area contributed by atoms with Crippen LogP contribution < -0.4 is 10.1 Å². The largest absolute Gasteiger partial charge is 0.495 e. The third-order valence-electron chi connectivity index (χ3n) is 4.77. The number of benzene rings is 1. The monoisotopic (exact) mass is 426 g/mol. The van der Waals surface area contributed by atoms with E-state index in [-0.39, 0.29) is 30.0 Å². The number of nitrogens with one attached hydrogen (secondary N) is 1. The molecule has 1 saturated heterocycles. The Kier molecular flexibility index (Phi) is 6.32. The summed E-state index contributed by atoms with van der Waals surface area (Å²) in [5.74, 6) is 1.06. The SMILES string of the molecule is COc1cc(Cl)c(C)cc1NC(=O)CN(Cc1ccco1)C1CCS(=O)(=O)C1. The summed E-state index contributed by atoms with van der Waals surface area (Å²) >= 11 is 6.11. The zero-order valence-electron chi connectivity index (χ0n) is 15.8. The lowest BCUT2D eigenvalue weighted by molar-refractivity contribution is -0.118. The predicted molar refractivity (Wildman–Crippen MR) is 108 cm³/mol. The van der Waals surface area contributed by atoms with Crippen molar-refractivity contribution in [1.29, 1.82) is 0 Å². The fourth-order valence-corrected chi connectivity index (χ4v) is 5.20. The fraction of sp³-hybridized carbons (Fsp3) is 0.421. The highest BCUT2D eigenvalue weighted by Gasteiger charge is 2.33. The summed E-state index contributed by atoms with van der Waals surface area (Å²) < 4.78 is 34.5. The third-order valence-corrected chi connectivity index (χ3v) is 6.92. The Morgan fingerprint density at radius 1 is 1.43 bits per heavy atom. The molecule has 1 aromatic carbocycles. The summed E-state index contributed by atoms with van der Waals surface area (Å²) in [5, 5.41) is 3.39. The molecule has 1 amide bonds. The van der Waals surface area contributed by atoms with Crippen molar-refractivity contribution in [3.63, 3.8) is 0 Å². The first kappa shape index (κ1) is 20.7. The molecule has 9 heteroatoms. The van der Waals surface area contributed by atoms with Crippen LogP contribution in [0, 0.1) is 6.92 Å². The lowest BCUT2D eigenvalue weighted by Gasteiger charge is -2.26. The van der Waals surface area contributed by atoms with Gasteiger partial charge in [-0.2, -0.15) is 0 Å². The number of anilines is 1. The van der Waals surface area contributed by atoms with Crippen LogP contribution in [0.3, 0.4) is 0 Å². The summed E-state index contributed by atoms with van der Waals surface area (Å²) in [6.07, 6.45) is 2.06. The zero-order valence-corrected chi connectivity index (χ0v) is 17.3. The lowest BCUT2D eigenvalue weighted by atomic mass is 10.2. The van der Waals surface area contributed by atoms with E-state index in [0.29, 0.717) is 35.2 Å². The van der Waals surface area contributed by atoms with Gasteiger partial charge >= 0.3 is 0 Å². The van der Waals surface area contributed by atoms with Crippen molar-refractivity contribution in [3.8, 4) is 5.75 Å². The van der Waals surface area contributed by atoms with Crippen molar-refractivity contribution in [1.82, 2.24) is 4.90 Å². The average Bonchev–Trinajstić information content (AvgIpc) is 3.26. The van der Waals surface area contributed by atoms with Crippen molar-refractivity contribution < 1.29 is 22.4 Å². The molecular weight excluding hydrogens is 404 g/mol. The van der Waals surface area contributed by atoms with Crippen molar-refractivity contribution in [2.75, 3.05) is 30.5 Å². The minimum absolute atomic E-state index is 0.0334. The number of furan rings is 1. The van der Waals surface area contributed by atoms with Crippen LogP contribution in [-0.2, 0) is 21.2 Å². The molecule has 1 atom stereocenters. The standard InChI is InChI=1S/C19H23ClN2O5S/c1-13-8-17(18(26-2)9-16(13)20)21-19(23)11-22(10-15-4-3-6-27-15)14-5-7-28(24,25)12-14/h3-4,6,8-9,14H,5,7,10-12H2,1-2H3,(H,21,23). The van der Waals surface area contributed by atoms with E-state index < -0.39 is 9.84 Å². The van der Waals surface area contributed by atoms with Crippen molar-refractivity contribution in [2.24, 2.45) is 0 Å². The van der Waals surface area contributed by atoms with Gasteiger partial charge in [-0.3, -0.25) is 9.69 Å². The van der Waals surface area contributed by atoms with Gasteiger partial charge in [0.05, 0.1) is 43.7 Å². The normalized spacial score (nSPS) is 18.4. The highest BCUT2D eigenvalue weighted by Crippen LogP contribution is 2.31. The molecule has 152 valence electrons. The Morgan fingerprint density at radius 2 is 2.21 bits per heavy atom. The number of sulfone groups is 1. The maximum absolute atomic E-state index is 12.7. The van der Waals surface area contributed by atoms with Gasteiger partial charge in [-0.1, -0.05) is 11.6 Å². The highest BCUT2D eigenvalue weighted by atomic mass is 35.5. The van der Waals surface area contributed by atoms with E-state index in [4.69, 9.17) is 20.8 Å². The van der Waals surface area contributed by atoms with E-state index in [1.807, 2.05) is 11.8 Å². The number of rotatable bonds is 7. The van der Waals surface area contributed by atoms with Crippen molar-refractivity contribution in [3.05, 3.63) is 46.9 Å². The van der Waals surface area contributed by atoms with Crippen LogP contribution >= 0.6 is 11.6 Å². The number of carbonyl (C=O) groups excluding carboxylic acids is 1. The van der Waals surface area contributed by atoms with Gasteiger partial charge in [0.25, 0.3) is 0 Å². The molecule has 1 fully saturated rings. The Morgan fingerprint density at radius 3 is 2.82 bits per heavy atom. The molecule has 0 bridgehead atoms. The molecule has 3 rings (SSSR count). The molecule has 0 aliphatic carbocycles. The molecule has 1 aliphatic rings. The maximum Gasteiger partial charge on any atom is 0.238 e. The van der Waals surface area contributed by atoms with Crippen LogP contribution in [0.5, 0.6) is 5.75 Å². The maximum atomic E-state index is 12.7. The molecular formula is C19H23ClN2O5S. The second kappa shape index (κ2) is 8.55. The molecule has 0 saturated carbocycles. The minimum atomic E-state index is -3.07. The smallest absolute Gasteiger partial charge is 0.238 e. The van der Waals surface area contributed by atoms with E-state index in [0.717, 1.165) is 5.56 Å². The summed E-state index contributed by atoms with van der Waals surface area (Å²) in [5.41, 5.74) is 1.33. The number of hydrogen-bond acceptors (Lipinski definition) is 6. The topological polar surface area (TPSA) is 88.8 Å². The second-order valence-electron chi connectivity index (χ2n) is 6.89. The number of hydrogen-bond donors (Lipinski definition) is 1. The Bertz CT molecular complexity index is 943. The van der Waals surface area contributed by atoms with Gasteiger partial charge in [-0.15, -0.1) is 0 Å². The van der Waals surface area contributed by atoms with Crippen LogP contribution in [0.4, 0.5) is 5.69 Å². The summed E-state index contributed by atoms with van der Waals surface area (Å²) in [6, 6.07) is 6.74. The number of ether oxygens (including phenoxy) is 1. The summed E-state index contributed by atoms with van der Waals surface area (Å²) in [7, 11) is -1.57. The van der Waals surface area contributed by atoms with Gasteiger partial charge in [0.15, 0.2) is 9.84 Å². The van der Waals surface area contributed by atoms with E-state index >= 15 is 0 Å². The van der Waals surface area contributed by atoms with Gasteiger partial charge in [0, 0.05) is 17.1 Å². The van der Waals surface area contributed by atoms with Crippen LogP contribution in [0.25, 0.3) is 0 Å². The van der Waals surface area contributed by atoms with Gasteiger partial charge < -0.3 is 14.5 Å². The first-order chi connectivity index (χ1) is 13.3. The molecule has 2 aromatic rings. The van der Waals surface area contributed by atoms with Gasteiger partial charge in [0.1, 0.15) is 11.5 Å². The van der Waals surface area contributed by atoms with Gasteiger partial charge in [-0.05, 0) is 37.1 Å². The molecule has 1 aromatic heterocycles. The number of carbonyl (C=O) groups is 1. The number of aryl methyl sites for hydroxylation is 1. The molecule has 1 aliphatic heterocycles. The van der Waals surface area contributed by atoms with Crippen molar-refractivity contribution >= 4 is 33.0 Å². The van der Waals surface area contributed by atoms with E-state index in [1.165, 1.54) is 7.11 Å². The molecule has 0 radical (unpaired) electrons. The Labute approximate surface area is 169 Å². The predicted octanol–water partition coefficient (Wildman–Crippen LogP) is 2.88. The molecule has 2 heterocycles. The molecule has 1 unspecified atom stereocenters. The van der Waals surface area contributed by atoms with E-state index in [2.05, 4.69) is 5.32 Å². The Hall–Kier alpha value is -2.03. The minimum Gasteiger partial charge on any atom is -0.495 e. The Balaban J connectivity index is 1.75. The zero-order chi connectivity index (χ0) is 20.3. The van der Waals surface area contributed by atoms with Crippen LogP contribution in [0.2, 0.25) is 5.02 Å². The van der Waals surface area contributed by atoms with Crippen LogP contribution in [0.15, 0.2) is 34.9 Å². The first-order valence-electron chi connectivity index (χ1n) is 8.88. The van der Waals surface area contributed by atoms with Crippen LogP contribution in [0.1, 0.15) is 17.7 Å². The highest BCUT2D eigenvalue weighted by molar-refractivity contribution is 7.91. The summed E-state index contributed by atoms with van der Waals surface area (Å²) in [4.78, 5) is 14.6. The average molecular weight is 427 g/mol. The molecule has 0 spiro atoms. The molecule has 28 heavy (non-hydrogen) atoms. The quantitative estimate of drug-likeness (QED) is 0.732. The van der Waals surface area contributed by atoms with Crippen LogP contribution in [-0.4, -0.2) is 50.4 Å². The van der Waals surface area contributed by atoms with E-state index in [9.17, 15) is 13.2 Å².